The van der Waals surface area contributed by atoms with Crippen molar-refractivity contribution in [1.82, 2.24) is 20.0 Å². The van der Waals surface area contributed by atoms with Crippen LogP contribution in [-0.2, 0) is 11.3 Å². The highest BCUT2D eigenvalue weighted by molar-refractivity contribution is 5.79. The van der Waals surface area contributed by atoms with E-state index in [1.165, 1.54) is 7.05 Å². The lowest BCUT2D eigenvalue weighted by Crippen LogP contribution is -2.40. The highest BCUT2D eigenvalue weighted by atomic mass is 16.4. The first-order valence-electron chi connectivity index (χ1n) is 6.12. The van der Waals surface area contributed by atoms with Crippen LogP contribution in [0.4, 0.5) is 4.79 Å². The van der Waals surface area contributed by atoms with Gasteiger partial charge in [0.2, 0.25) is 0 Å². The van der Waals surface area contributed by atoms with Gasteiger partial charge < -0.3 is 15.3 Å². The van der Waals surface area contributed by atoms with E-state index in [0.29, 0.717) is 6.54 Å². The van der Waals surface area contributed by atoms with Gasteiger partial charge in [-0.3, -0.25) is 9.48 Å². The Labute approximate surface area is 112 Å². The number of aryl methyl sites for hydroxylation is 3. The zero-order valence-corrected chi connectivity index (χ0v) is 11.5. The van der Waals surface area contributed by atoms with Crippen molar-refractivity contribution in [2.24, 2.45) is 0 Å². The average Bonchev–Trinajstić information content (AvgIpc) is 2.62. The highest BCUT2D eigenvalue weighted by Crippen LogP contribution is 2.02. The Balaban J connectivity index is 2.25. The first kappa shape index (κ1) is 15.0. The summed E-state index contributed by atoms with van der Waals surface area (Å²) in [5.41, 5.74) is 2.06. The summed E-state index contributed by atoms with van der Waals surface area (Å²) in [5.74, 6) is -1.03. The van der Waals surface area contributed by atoms with Gasteiger partial charge in [0, 0.05) is 25.8 Å². The molecule has 0 aliphatic carbocycles. The summed E-state index contributed by atoms with van der Waals surface area (Å²) in [6.45, 7) is 4.83. The van der Waals surface area contributed by atoms with Crippen LogP contribution >= 0.6 is 0 Å². The van der Waals surface area contributed by atoms with Gasteiger partial charge in [-0.25, -0.2) is 4.79 Å². The van der Waals surface area contributed by atoms with Crippen molar-refractivity contribution in [2.45, 2.75) is 26.8 Å². The lowest BCUT2D eigenvalue weighted by molar-refractivity contribution is -0.137. The second-order valence-electron chi connectivity index (χ2n) is 4.49. The quantitative estimate of drug-likeness (QED) is 0.740. The van der Waals surface area contributed by atoms with Crippen molar-refractivity contribution in [1.29, 1.82) is 0 Å². The van der Waals surface area contributed by atoms with Crippen molar-refractivity contribution < 1.29 is 14.7 Å². The minimum Gasteiger partial charge on any atom is -0.480 e. The van der Waals surface area contributed by atoms with Crippen LogP contribution < -0.4 is 5.32 Å². The number of rotatable bonds is 6. The third-order valence-electron chi connectivity index (χ3n) is 2.65. The molecular formula is C12H20N4O3. The second-order valence-corrected chi connectivity index (χ2v) is 4.49. The largest absolute Gasteiger partial charge is 0.480 e. The summed E-state index contributed by atoms with van der Waals surface area (Å²) in [6, 6.07) is 1.62. The Morgan fingerprint density at radius 1 is 1.47 bits per heavy atom. The number of carboxylic acids is 1. The van der Waals surface area contributed by atoms with Crippen LogP contribution in [0.25, 0.3) is 0 Å². The number of nitrogens with one attached hydrogen (secondary N) is 1. The smallest absolute Gasteiger partial charge is 0.323 e. The third kappa shape index (κ3) is 4.99. The van der Waals surface area contributed by atoms with E-state index >= 15 is 0 Å². The number of carbonyl (C=O) groups excluding carboxylic acids is 1. The minimum atomic E-state index is -1.03. The molecular weight excluding hydrogens is 248 g/mol. The zero-order chi connectivity index (χ0) is 14.4. The SMILES string of the molecule is Cc1cc(C)n(CCCNC(=O)N(C)CC(=O)O)n1. The molecule has 2 N–H and O–H groups in total. The predicted octanol–water partition coefficient (Wildman–Crippen LogP) is 0.616. The molecule has 19 heavy (non-hydrogen) atoms. The van der Waals surface area contributed by atoms with E-state index in [9.17, 15) is 9.59 Å². The van der Waals surface area contributed by atoms with Crippen molar-refractivity contribution in [3.05, 3.63) is 17.5 Å². The lowest BCUT2D eigenvalue weighted by atomic mass is 10.4. The molecule has 7 heteroatoms. The molecule has 0 radical (unpaired) electrons. The Morgan fingerprint density at radius 3 is 2.68 bits per heavy atom. The number of nitrogens with zero attached hydrogens (tertiary/aromatic N) is 3. The van der Waals surface area contributed by atoms with Crippen LogP contribution in [0.2, 0.25) is 0 Å². The van der Waals surface area contributed by atoms with Crippen LogP contribution in [0.3, 0.4) is 0 Å². The normalized spacial score (nSPS) is 10.3. The number of amides is 2. The van der Waals surface area contributed by atoms with Crippen molar-refractivity contribution >= 4 is 12.0 Å². The maximum Gasteiger partial charge on any atom is 0.323 e. The van der Waals surface area contributed by atoms with Gasteiger partial charge in [0.25, 0.3) is 0 Å². The molecule has 7 nitrogen and oxygen atoms in total. The summed E-state index contributed by atoms with van der Waals surface area (Å²) in [7, 11) is 1.45. The monoisotopic (exact) mass is 268 g/mol. The Morgan fingerprint density at radius 2 is 2.16 bits per heavy atom. The Hall–Kier alpha value is -2.05. The maximum atomic E-state index is 11.5. The molecule has 0 fully saturated rings. The summed E-state index contributed by atoms with van der Waals surface area (Å²) in [6.07, 6.45) is 0.745. The summed E-state index contributed by atoms with van der Waals surface area (Å²) in [4.78, 5) is 23.1. The van der Waals surface area contributed by atoms with Gasteiger partial charge in [0.1, 0.15) is 6.54 Å². The predicted molar refractivity (Wildman–Crippen MR) is 70.0 cm³/mol. The standard InChI is InChI=1S/C12H20N4O3/c1-9-7-10(2)16(14-9)6-4-5-13-12(19)15(3)8-11(17)18/h7H,4-6,8H2,1-3H3,(H,13,19)(H,17,18). The fourth-order valence-corrected chi connectivity index (χ4v) is 1.74. The minimum absolute atomic E-state index is 0.302. The fourth-order valence-electron chi connectivity index (χ4n) is 1.74. The lowest BCUT2D eigenvalue weighted by Gasteiger charge is -2.15. The van der Waals surface area contributed by atoms with Gasteiger partial charge in [-0.2, -0.15) is 5.10 Å². The summed E-state index contributed by atoms with van der Waals surface area (Å²) < 4.78 is 1.89. The molecule has 2 amide bonds. The topological polar surface area (TPSA) is 87.5 Å². The van der Waals surface area contributed by atoms with E-state index in [1.807, 2.05) is 24.6 Å². The molecule has 0 aromatic carbocycles. The molecule has 106 valence electrons. The molecule has 0 aliphatic rings. The molecule has 0 saturated carbocycles. The molecule has 0 bridgehead atoms. The van der Waals surface area contributed by atoms with Gasteiger partial charge in [-0.1, -0.05) is 0 Å². The summed E-state index contributed by atoms with van der Waals surface area (Å²) in [5, 5.41) is 15.5. The van der Waals surface area contributed by atoms with Crippen LogP contribution in [-0.4, -0.2) is 51.9 Å². The zero-order valence-electron chi connectivity index (χ0n) is 11.5. The number of aliphatic carboxylic acids is 1. The summed E-state index contributed by atoms with van der Waals surface area (Å²) >= 11 is 0. The average molecular weight is 268 g/mol. The number of hydrogen-bond donors (Lipinski definition) is 2. The van der Waals surface area contributed by atoms with Gasteiger partial charge in [-0.15, -0.1) is 0 Å². The Kier molecular flexibility index (Phi) is 5.35. The van der Waals surface area contributed by atoms with E-state index in [0.717, 1.165) is 29.3 Å². The maximum absolute atomic E-state index is 11.5. The van der Waals surface area contributed by atoms with Gasteiger partial charge in [0.15, 0.2) is 0 Å². The molecule has 0 aliphatic heterocycles. The fraction of sp³-hybridized carbons (Fsp3) is 0.583. The Bertz CT molecular complexity index is 456. The number of urea groups is 1. The van der Waals surface area contributed by atoms with Crippen molar-refractivity contribution in [3.63, 3.8) is 0 Å². The molecule has 0 atom stereocenters. The first-order valence-corrected chi connectivity index (χ1v) is 6.12. The molecule has 0 saturated heterocycles. The van der Waals surface area contributed by atoms with E-state index in [4.69, 9.17) is 5.11 Å². The number of likely N-dealkylation sites (N-methyl/N-ethyl adjacent to an activating group) is 1. The van der Waals surface area contributed by atoms with Crippen LogP contribution in [0.15, 0.2) is 6.07 Å². The van der Waals surface area contributed by atoms with Crippen LogP contribution in [0.1, 0.15) is 17.8 Å². The molecule has 1 rings (SSSR count). The van der Waals surface area contributed by atoms with Crippen molar-refractivity contribution in [2.75, 3.05) is 20.1 Å². The molecule has 1 heterocycles. The van der Waals surface area contributed by atoms with E-state index < -0.39 is 5.97 Å². The van der Waals surface area contributed by atoms with Gasteiger partial charge >= 0.3 is 12.0 Å². The number of carboxylic acid groups (broad SMARTS) is 1. The van der Waals surface area contributed by atoms with E-state index in [2.05, 4.69) is 10.4 Å². The number of carbonyl (C=O) groups is 2. The van der Waals surface area contributed by atoms with Crippen LogP contribution in [0, 0.1) is 13.8 Å². The van der Waals surface area contributed by atoms with E-state index in [-0.39, 0.29) is 12.6 Å². The number of aromatic nitrogens is 2. The number of hydrogen-bond acceptors (Lipinski definition) is 3. The van der Waals surface area contributed by atoms with E-state index in [1.54, 1.807) is 0 Å². The van der Waals surface area contributed by atoms with Crippen molar-refractivity contribution in [3.8, 4) is 0 Å². The van der Waals surface area contributed by atoms with Gasteiger partial charge in [-0.05, 0) is 26.3 Å². The third-order valence-corrected chi connectivity index (χ3v) is 2.65. The van der Waals surface area contributed by atoms with Crippen LogP contribution in [0.5, 0.6) is 0 Å². The second kappa shape index (κ2) is 6.77. The molecule has 1 aromatic heterocycles. The highest BCUT2D eigenvalue weighted by Gasteiger charge is 2.10. The molecule has 1 aromatic rings. The molecule has 0 unspecified atom stereocenters. The molecule has 0 spiro atoms. The first-order chi connectivity index (χ1) is 8.90. The van der Waals surface area contributed by atoms with Gasteiger partial charge in [0.05, 0.1) is 5.69 Å².